The number of rotatable bonds is 6. The Morgan fingerprint density at radius 2 is 1.79 bits per heavy atom. The second-order valence-corrected chi connectivity index (χ2v) is 5.67. The van der Waals surface area contributed by atoms with E-state index in [4.69, 9.17) is 0 Å². The molecule has 108 valence electrons. The average molecular weight is 270 g/mol. The highest BCUT2D eigenvalue weighted by Gasteiger charge is 2.19. The van der Waals surface area contributed by atoms with Crippen molar-refractivity contribution >= 4 is 0 Å². The summed E-state index contributed by atoms with van der Waals surface area (Å²) < 4.78 is 26.6. The van der Waals surface area contributed by atoms with Gasteiger partial charge in [-0.2, -0.15) is 0 Å². The Morgan fingerprint density at radius 1 is 1.16 bits per heavy atom. The molecule has 2 nitrogen and oxygen atoms in total. The molecule has 1 aromatic rings. The molecule has 0 saturated carbocycles. The minimum Gasteiger partial charge on any atom is -0.308 e. The van der Waals surface area contributed by atoms with Gasteiger partial charge >= 0.3 is 0 Å². The summed E-state index contributed by atoms with van der Waals surface area (Å²) >= 11 is 0. The fourth-order valence-electron chi connectivity index (χ4n) is 2.11. The van der Waals surface area contributed by atoms with Crippen LogP contribution in [-0.4, -0.2) is 31.6 Å². The molecule has 0 saturated heterocycles. The second kappa shape index (κ2) is 6.96. The molecule has 0 aliphatic carbocycles. The van der Waals surface area contributed by atoms with Crippen LogP contribution in [0.15, 0.2) is 18.2 Å². The van der Waals surface area contributed by atoms with Crippen LogP contribution in [0.5, 0.6) is 0 Å². The summed E-state index contributed by atoms with van der Waals surface area (Å²) in [7, 11) is 4.03. The van der Waals surface area contributed by atoms with E-state index in [1.165, 1.54) is 12.1 Å². The van der Waals surface area contributed by atoms with E-state index in [9.17, 15) is 8.78 Å². The minimum absolute atomic E-state index is 0.145. The molecule has 0 aromatic heterocycles. The van der Waals surface area contributed by atoms with Gasteiger partial charge in [-0.1, -0.05) is 19.9 Å². The molecular weight excluding hydrogens is 246 g/mol. The summed E-state index contributed by atoms with van der Waals surface area (Å²) in [5.74, 6) is -0.595. The highest BCUT2D eigenvalue weighted by atomic mass is 19.1. The van der Waals surface area contributed by atoms with Crippen molar-refractivity contribution in [3.05, 3.63) is 35.4 Å². The van der Waals surface area contributed by atoms with Gasteiger partial charge in [0, 0.05) is 30.3 Å². The number of benzene rings is 1. The Hall–Kier alpha value is -1.00. The topological polar surface area (TPSA) is 15.3 Å². The van der Waals surface area contributed by atoms with Gasteiger partial charge in [-0.3, -0.25) is 0 Å². The molecule has 1 aromatic carbocycles. The van der Waals surface area contributed by atoms with Crippen molar-refractivity contribution in [3.8, 4) is 0 Å². The van der Waals surface area contributed by atoms with Crippen LogP contribution in [0.1, 0.15) is 32.4 Å². The first-order valence-corrected chi connectivity index (χ1v) is 6.67. The molecule has 4 heteroatoms. The zero-order valence-electron chi connectivity index (χ0n) is 12.4. The summed E-state index contributed by atoms with van der Waals surface area (Å²) in [6, 6.07) is 3.86. The normalized spacial score (nSPS) is 15.0. The van der Waals surface area contributed by atoms with E-state index in [-0.39, 0.29) is 12.1 Å². The van der Waals surface area contributed by atoms with Crippen molar-refractivity contribution in [1.82, 2.24) is 10.2 Å². The maximum absolute atomic E-state index is 13.7. The van der Waals surface area contributed by atoms with E-state index in [0.29, 0.717) is 11.5 Å². The summed E-state index contributed by atoms with van der Waals surface area (Å²) in [4.78, 5) is 2.10. The smallest absolute Gasteiger partial charge is 0.130 e. The molecule has 0 spiro atoms. The number of likely N-dealkylation sites (N-methyl/N-ethyl adjacent to an activating group) is 1. The maximum atomic E-state index is 13.7. The molecule has 0 heterocycles. The minimum atomic E-state index is -0.540. The molecule has 0 fully saturated rings. The van der Waals surface area contributed by atoms with Gasteiger partial charge < -0.3 is 10.2 Å². The van der Waals surface area contributed by atoms with E-state index in [2.05, 4.69) is 24.1 Å². The molecule has 1 N–H and O–H groups in total. The quantitative estimate of drug-likeness (QED) is 0.854. The van der Waals surface area contributed by atoms with Crippen LogP contribution in [-0.2, 0) is 0 Å². The van der Waals surface area contributed by atoms with Crippen molar-refractivity contribution in [2.75, 3.05) is 20.6 Å². The van der Waals surface area contributed by atoms with Gasteiger partial charge in [0.1, 0.15) is 11.6 Å². The molecule has 2 unspecified atom stereocenters. The van der Waals surface area contributed by atoms with Crippen LogP contribution >= 0.6 is 0 Å². The molecule has 0 amide bonds. The van der Waals surface area contributed by atoms with Gasteiger partial charge in [-0.05, 0) is 33.0 Å². The van der Waals surface area contributed by atoms with E-state index in [1.54, 1.807) is 0 Å². The zero-order chi connectivity index (χ0) is 14.6. The highest BCUT2D eigenvalue weighted by molar-refractivity contribution is 5.21. The monoisotopic (exact) mass is 270 g/mol. The Bertz CT molecular complexity index is 405. The molecule has 0 aliphatic heterocycles. The van der Waals surface area contributed by atoms with E-state index < -0.39 is 11.6 Å². The third kappa shape index (κ3) is 4.88. The first-order valence-electron chi connectivity index (χ1n) is 6.67. The largest absolute Gasteiger partial charge is 0.308 e. The Labute approximate surface area is 114 Å². The average Bonchev–Trinajstić information content (AvgIpc) is 2.26. The lowest BCUT2D eigenvalue weighted by Crippen LogP contribution is -2.43. The Morgan fingerprint density at radius 3 is 2.26 bits per heavy atom. The van der Waals surface area contributed by atoms with Crippen molar-refractivity contribution in [2.24, 2.45) is 5.92 Å². The molecule has 2 atom stereocenters. The standard InChI is InChI=1S/C15H24F2N2/c1-10(2)15(9-19(4)5)18-11(3)13-7-6-12(16)8-14(13)17/h6-8,10-11,15,18H,9H2,1-5H3. The molecule has 0 radical (unpaired) electrons. The Kier molecular flexibility index (Phi) is 5.88. The van der Waals surface area contributed by atoms with Gasteiger partial charge in [0.25, 0.3) is 0 Å². The lowest BCUT2D eigenvalue weighted by atomic mass is 10.0. The molecule has 0 bridgehead atoms. The van der Waals surface area contributed by atoms with Crippen molar-refractivity contribution in [1.29, 1.82) is 0 Å². The maximum Gasteiger partial charge on any atom is 0.130 e. The highest BCUT2D eigenvalue weighted by Crippen LogP contribution is 2.19. The van der Waals surface area contributed by atoms with Crippen LogP contribution in [0.25, 0.3) is 0 Å². The van der Waals surface area contributed by atoms with Gasteiger partial charge in [0.05, 0.1) is 0 Å². The molecule has 0 aliphatic rings. The van der Waals surface area contributed by atoms with Gasteiger partial charge in [-0.15, -0.1) is 0 Å². The molecular formula is C15H24F2N2. The van der Waals surface area contributed by atoms with Crippen LogP contribution in [0.3, 0.4) is 0 Å². The van der Waals surface area contributed by atoms with E-state index >= 15 is 0 Å². The van der Waals surface area contributed by atoms with Crippen molar-refractivity contribution < 1.29 is 8.78 Å². The second-order valence-electron chi connectivity index (χ2n) is 5.67. The lowest BCUT2D eigenvalue weighted by molar-refractivity contribution is 0.272. The number of hydrogen-bond donors (Lipinski definition) is 1. The first-order chi connectivity index (χ1) is 8.81. The molecule has 1 rings (SSSR count). The number of nitrogens with zero attached hydrogens (tertiary/aromatic N) is 1. The van der Waals surface area contributed by atoms with Gasteiger partial charge in [-0.25, -0.2) is 8.78 Å². The van der Waals surface area contributed by atoms with E-state index in [1.807, 2.05) is 21.0 Å². The number of nitrogens with one attached hydrogen (secondary N) is 1. The predicted octanol–water partition coefficient (Wildman–Crippen LogP) is 3.20. The van der Waals surface area contributed by atoms with E-state index in [0.717, 1.165) is 12.6 Å². The van der Waals surface area contributed by atoms with Gasteiger partial charge in [0.15, 0.2) is 0 Å². The van der Waals surface area contributed by atoms with Crippen LogP contribution in [0.4, 0.5) is 8.78 Å². The Balaban J connectivity index is 2.78. The fourth-order valence-corrected chi connectivity index (χ4v) is 2.11. The van der Waals surface area contributed by atoms with Crippen molar-refractivity contribution in [2.45, 2.75) is 32.9 Å². The fraction of sp³-hybridized carbons (Fsp3) is 0.600. The summed E-state index contributed by atoms with van der Waals surface area (Å²) in [5.41, 5.74) is 0.505. The summed E-state index contributed by atoms with van der Waals surface area (Å²) in [6.07, 6.45) is 0. The third-order valence-electron chi connectivity index (χ3n) is 3.26. The molecule has 19 heavy (non-hydrogen) atoms. The van der Waals surface area contributed by atoms with Crippen LogP contribution in [0.2, 0.25) is 0 Å². The first kappa shape index (κ1) is 16.1. The van der Waals surface area contributed by atoms with Crippen LogP contribution < -0.4 is 5.32 Å². The SMILES string of the molecule is CC(NC(CN(C)C)C(C)C)c1ccc(F)cc1F. The third-order valence-corrected chi connectivity index (χ3v) is 3.26. The zero-order valence-corrected chi connectivity index (χ0v) is 12.4. The number of halogens is 2. The predicted molar refractivity (Wildman–Crippen MR) is 75.1 cm³/mol. The summed E-state index contributed by atoms with van der Waals surface area (Å²) in [5, 5.41) is 3.42. The van der Waals surface area contributed by atoms with Gasteiger partial charge in [0.2, 0.25) is 0 Å². The van der Waals surface area contributed by atoms with Crippen LogP contribution in [0, 0.1) is 17.6 Å². The van der Waals surface area contributed by atoms with Crippen molar-refractivity contribution in [3.63, 3.8) is 0 Å². The lowest BCUT2D eigenvalue weighted by Gasteiger charge is -2.29. The summed E-state index contributed by atoms with van der Waals surface area (Å²) in [6.45, 7) is 7.05. The number of hydrogen-bond acceptors (Lipinski definition) is 2.